The first-order valence-corrected chi connectivity index (χ1v) is 43.9. The molecule has 0 bridgehead atoms. The minimum Gasteiger partial charge on any atom is -0.394 e. The number of carbonyl (C=O) groups is 1. The van der Waals surface area contributed by atoms with Gasteiger partial charge in [-0.25, -0.2) is 0 Å². The van der Waals surface area contributed by atoms with Crippen LogP contribution in [0.15, 0.2) is 170 Å². The van der Waals surface area contributed by atoms with Gasteiger partial charge in [0.25, 0.3) is 0 Å². The molecule has 0 radical (unpaired) electrons. The number of ether oxygens (including phenoxy) is 6. The number of hydrogen-bond donors (Lipinski definition) is 12. The average Bonchev–Trinajstić information content (AvgIpc) is 0.780. The van der Waals surface area contributed by atoms with Crippen LogP contribution in [0, 0.1) is 0 Å². The van der Waals surface area contributed by atoms with Gasteiger partial charge in [-0.1, -0.05) is 319 Å². The molecule has 17 atom stereocenters. The molecule has 0 saturated carbocycles. The van der Waals surface area contributed by atoms with E-state index in [4.69, 9.17) is 28.4 Å². The van der Waals surface area contributed by atoms with E-state index < -0.39 is 131 Å². The summed E-state index contributed by atoms with van der Waals surface area (Å²) in [4.78, 5) is 13.5. The quantitative estimate of drug-likeness (QED) is 0.0199. The lowest BCUT2D eigenvalue weighted by atomic mass is 9.96. The molecule has 3 aliphatic rings. The molecule has 113 heavy (non-hydrogen) atoms. The minimum absolute atomic E-state index is 0.198. The Morgan fingerprint density at radius 3 is 0.991 bits per heavy atom. The first kappa shape index (κ1) is 102. The van der Waals surface area contributed by atoms with Crippen LogP contribution < -0.4 is 5.32 Å². The van der Waals surface area contributed by atoms with Crippen molar-refractivity contribution < 1.29 is 89.4 Å². The van der Waals surface area contributed by atoms with E-state index in [2.05, 4.69) is 177 Å². The molecule has 3 rings (SSSR count). The first-order valence-electron chi connectivity index (χ1n) is 43.9. The molecule has 19 nitrogen and oxygen atoms in total. The maximum atomic E-state index is 13.5. The van der Waals surface area contributed by atoms with Gasteiger partial charge in [0.2, 0.25) is 5.91 Å². The third-order valence-corrected chi connectivity index (χ3v) is 20.5. The van der Waals surface area contributed by atoms with Crippen molar-refractivity contribution in [1.82, 2.24) is 5.32 Å². The van der Waals surface area contributed by atoms with Gasteiger partial charge < -0.3 is 89.9 Å². The lowest BCUT2D eigenvalue weighted by Crippen LogP contribution is -2.66. The molecular formula is C94H155NO18. The van der Waals surface area contributed by atoms with Crippen molar-refractivity contribution in [1.29, 1.82) is 0 Å². The number of allylic oxidation sites excluding steroid dienone is 27. The molecule has 19 heteroatoms. The van der Waals surface area contributed by atoms with E-state index >= 15 is 0 Å². The molecule has 3 fully saturated rings. The summed E-state index contributed by atoms with van der Waals surface area (Å²) in [5, 5.41) is 121. The van der Waals surface area contributed by atoms with Crippen LogP contribution >= 0.6 is 0 Å². The summed E-state index contributed by atoms with van der Waals surface area (Å²) in [6.45, 7) is 1.59. The van der Waals surface area contributed by atoms with E-state index in [0.717, 1.165) is 128 Å². The van der Waals surface area contributed by atoms with Crippen LogP contribution in [0.5, 0.6) is 0 Å². The van der Waals surface area contributed by atoms with Gasteiger partial charge in [0.15, 0.2) is 18.9 Å². The van der Waals surface area contributed by atoms with Gasteiger partial charge in [0.1, 0.15) is 73.2 Å². The Hall–Kier alpha value is -4.85. The molecule has 3 heterocycles. The van der Waals surface area contributed by atoms with E-state index in [1.54, 1.807) is 6.08 Å². The molecule has 0 spiro atoms. The van der Waals surface area contributed by atoms with Crippen LogP contribution in [0.25, 0.3) is 0 Å². The number of nitrogens with one attached hydrogen (secondary N) is 1. The summed E-state index contributed by atoms with van der Waals surface area (Å²) < 4.78 is 34.4. The Kier molecular flexibility index (Phi) is 64.6. The van der Waals surface area contributed by atoms with Crippen molar-refractivity contribution in [3.05, 3.63) is 170 Å². The predicted octanol–water partition coefficient (Wildman–Crippen LogP) is 16.5. The van der Waals surface area contributed by atoms with E-state index in [-0.39, 0.29) is 12.3 Å². The first-order chi connectivity index (χ1) is 55.3. The Morgan fingerprint density at radius 1 is 0.327 bits per heavy atom. The Balaban J connectivity index is 1.38. The van der Waals surface area contributed by atoms with Gasteiger partial charge in [-0.15, -0.1) is 0 Å². The van der Waals surface area contributed by atoms with Gasteiger partial charge in [-0.05, 0) is 128 Å². The minimum atomic E-state index is -1.99. The smallest absolute Gasteiger partial charge is 0.220 e. The fourth-order valence-corrected chi connectivity index (χ4v) is 13.5. The highest BCUT2D eigenvalue weighted by atomic mass is 16.8. The van der Waals surface area contributed by atoms with Crippen LogP contribution in [0.4, 0.5) is 0 Å². The zero-order valence-corrected chi connectivity index (χ0v) is 69.3. The third-order valence-electron chi connectivity index (χ3n) is 20.5. The molecule has 1 amide bonds. The van der Waals surface area contributed by atoms with Gasteiger partial charge in [-0.2, -0.15) is 0 Å². The summed E-state index contributed by atoms with van der Waals surface area (Å²) in [6, 6.07) is -1.02. The normalized spacial score (nSPS) is 25.7. The fourth-order valence-electron chi connectivity index (χ4n) is 13.5. The van der Waals surface area contributed by atoms with Crippen LogP contribution in [0.1, 0.15) is 284 Å². The number of carbonyl (C=O) groups excluding carboxylic acids is 1. The zero-order valence-electron chi connectivity index (χ0n) is 69.3. The molecule has 3 saturated heterocycles. The van der Waals surface area contributed by atoms with Gasteiger partial charge in [-0.3, -0.25) is 4.79 Å². The summed E-state index contributed by atoms with van der Waals surface area (Å²) in [6.07, 6.45) is 80.6. The second-order valence-corrected chi connectivity index (χ2v) is 30.2. The van der Waals surface area contributed by atoms with Crippen molar-refractivity contribution in [2.75, 3.05) is 26.4 Å². The molecular weight excluding hydrogens is 1430 g/mol. The number of rotatable bonds is 68. The molecule has 3 aliphatic heterocycles. The fraction of sp³-hybridized carbons (Fsp3) is 0.691. The Bertz CT molecular complexity index is 2710. The number of unbranched alkanes of at least 4 members (excludes halogenated alkanes) is 26. The Morgan fingerprint density at radius 2 is 0.619 bits per heavy atom. The van der Waals surface area contributed by atoms with Crippen LogP contribution in [0.3, 0.4) is 0 Å². The van der Waals surface area contributed by atoms with Crippen molar-refractivity contribution in [2.45, 2.75) is 388 Å². The third kappa shape index (κ3) is 49.9. The maximum absolute atomic E-state index is 13.5. The highest BCUT2D eigenvalue weighted by Gasteiger charge is 2.54. The summed E-state index contributed by atoms with van der Waals surface area (Å²) >= 11 is 0. The predicted molar refractivity (Wildman–Crippen MR) is 456 cm³/mol. The van der Waals surface area contributed by atoms with Gasteiger partial charge >= 0.3 is 0 Å². The van der Waals surface area contributed by atoms with Crippen LogP contribution in [-0.4, -0.2) is 193 Å². The van der Waals surface area contributed by atoms with Gasteiger partial charge in [0.05, 0.1) is 38.6 Å². The SMILES string of the molecule is CC/C=C\C/C=C\C/C=C\C/C=C\C/C=C\C/C=C\C/C=C\C/C=C\C/C=C\C/C=C\C/C=C\CCCCCCCC(=O)NC(COC1OC(CO)C(OC2OC(CO)C(OC3OC(CO)C(O)C(O)C3O)C(O)C2O)C(O)C1O)C(O)/C=C/CC/C=C/CC/C=C/CCCCCCCCCCCCCCCCCCCCC. The van der Waals surface area contributed by atoms with Crippen molar-refractivity contribution in [3.63, 3.8) is 0 Å². The van der Waals surface area contributed by atoms with Crippen molar-refractivity contribution in [2.24, 2.45) is 0 Å². The molecule has 0 aromatic heterocycles. The molecule has 0 aliphatic carbocycles. The highest BCUT2D eigenvalue weighted by Crippen LogP contribution is 2.33. The summed E-state index contributed by atoms with van der Waals surface area (Å²) in [5.74, 6) is -0.314. The van der Waals surface area contributed by atoms with Crippen LogP contribution in [-0.2, 0) is 33.2 Å². The Labute approximate surface area is 681 Å². The monoisotopic (exact) mass is 1590 g/mol. The lowest BCUT2D eigenvalue weighted by molar-refractivity contribution is -0.379. The molecule has 12 N–H and O–H groups in total. The molecule has 17 unspecified atom stereocenters. The van der Waals surface area contributed by atoms with E-state index in [0.29, 0.717) is 12.8 Å². The number of aliphatic hydroxyl groups is 11. The average molecular weight is 1590 g/mol. The lowest BCUT2D eigenvalue weighted by Gasteiger charge is -2.48. The van der Waals surface area contributed by atoms with Crippen molar-refractivity contribution in [3.8, 4) is 0 Å². The number of aliphatic hydroxyl groups excluding tert-OH is 11. The van der Waals surface area contributed by atoms with E-state index in [9.17, 15) is 61.0 Å². The van der Waals surface area contributed by atoms with Crippen LogP contribution in [0.2, 0.25) is 0 Å². The van der Waals surface area contributed by atoms with Crippen molar-refractivity contribution >= 4 is 5.91 Å². The summed E-state index contributed by atoms with van der Waals surface area (Å²) in [5.41, 5.74) is 0. The second-order valence-electron chi connectivity index (χ2n) is 30.2. The highest BCUT2D eigenvalue weighted by molar-refractivity contribution is 5.76. The molecule has 0 aromatic rings. The number of hydrogen-bond acceptors (Lipinski definition) is 18. The second kappa shape index (κ2) is 71.3. The molecule has 644 valence electrons. The van der Waals surface area contributed by atoms with Gasteiger partial charge in [0, 0.05) is 6.42 Å². The summed E-state index contributed by atoms with van der Waals surface area (Å²) in [7, 11) is 0. The number of amides is 1. The standard InChI is InChI=1S/C94H155NO18/c1-3-5-7-9-11-13-15-17-19-21-23-25-27-29-31-33-34-35-36-37-38-39-40-41-42-44-46-48-50-52-54-56-58-60-62-64-66-68-70-72-82(100)95-77(78(99)71-69-67-65-63-61-59-57-55-53-51-49-47-45-43-32-30-28-26-24-22-20-18-16-14-12-10-8-6-4-2)76-108-92-88(106)85(103)90(80(74-97)110-92)113-94-89(107)86(104)91(81(75-98)111-94)112-93-87(105)84(102)83(101)79(73-96)109-93/h5,7,11,13,17,19,23,25,29,31,34-35,37-38,40-41,44,46,50,52-53,55-56,58,61,63,69,71,77-81,83-94,96-99,101-107H,3-4,6,8-10,12,14-16,18,20-22,24,26-28,30,32-33,36,39,42-43,45,47-49,51,54,57,59-60,62,64-68,70,72-76H2,1-2H3,(H,95,100)/b7-5-,13-11-,19-17-,25-23-,31-29-,35-34-,38-37-,41-40-,46-44-,52-50-,55-53+,58-56-,63-61+,71-69+. The largest absolute Gasteiger partial charge is 0.394 e. The van der Waals surface area contributed by atoms with E-state index in [1.165, 1.54) is 122 Å². The van der Waals surface area contributed by atoms with E-state index in [1.807, 2.05) is 6.08 Å². The topological polar surface area (TPSA) is 307 Å². The molecule has 0 aromatic carbocycles. The zero-order chi connectivity index (χ0) is 81.7. The maximum Gasteiger partial charge on any atom is 0.220 e.